The molecule has 0 saturated heterocycles. The molecule has 0 fully saturated rings. The number of ether oxygens (including phenoxy) is 1. The second kappa shape index (κ2) is 6.66. The average Bonchev–Trinajstić information content (AvgIpc) is 2.44. The van der Waals surface area contributed by atoms with Crippen LogP contribution in [0.3, 0.4) is 0 Å². The number of halogens is 1. The lowest BCUT2D eigenvalue weighted by atomic mass is 9.99. The molecule has 0 aliphatic heterocycles. The predicted octanol–water partition coefficient (Wildman–Crippen LogP) is 4.10. The topological polar surface area (TPSA) is 47.9 Å². The molecule has 0 amide bonds. The van der Waals surface area contributed by atoms with E-state index in [-0.39, 0.29) is 5.92 Å². The molecule has 0 bridgehead atoms. The molecule has 0 aromatic carbocycles. The highest BCUT2D eigenvalue weighted by Crippen LogP contribution is 2.32. The third-order valence-corrected chi connectivity index (χ3v) is 3.17. The minimum Gasteiger partial charge on any atom is -0.492 e. The zero-order chi connectivity index (χ0) is 14.5. The van der Waals surface area contributed by atoms with Crippen molar-refractivity contribution in [2.24, 2.45) is 0 Å². The van der Waals surface area contributed by atoms with Crippen molar-refractivity contribution < 1.29 is 4.74 Å². The minimum absolute atomic E-state index is 0.235. The van der Waals surface area contributed by atoms with Crippen molar-refractivity contribution in [2.45, 2.75) is 33.1 Å². The first-order valence-corrected chi connectivity index (χ1v) is 7.09. The molecule has 0 aliphatic carbocycles. The van der Waals surface area contributed by atoms with Crippen LogP contribution in [0.1, 0.15) is 38.7 Å². The maximum absolute atomic E-state index is 6.19. The highest BCUT2D eigenvalue weighted by Gasteiger charge is 2.15. The molecular formula is C15H18ClN3O. The fourth-order valence-corrected chi connectivity index (χ4v) is 2.31. The lowest BCUT2D eigenvalue weighted by Crippen LogP contribution is -2.00. The standard InChI is InChI=1S/C15H18ClN3O/c1-4-5-20-12-6-11(7-17-8-12)14-13(10(2)3)15(16)19-9-18-14/h6-10H,4-5H2,1-3H3. The molecule has 2 heterocycles. The van der Waals surface area contributed by atoms with Crippen LogP contribution < -0.4 is 4.74 Å². The predicted molar refractivity (Wildman–Crippen MR) is 80.1 cm³/mol. The second-order valence-corrected chi connectivity index (χ2v) is 5.20. The van der Waals surface area contributed by atoms with Crippen LogP contribution in [0.25, 0.3) is 11.3 Å². The Kier molecular flexibility index (Phi) is 4.90. The van der Waals surface area contributed by atoms with Crippen molar-refractivity contribution in [3.05, 3.63) is 35.5 Å². The van der Waals surface area contributed by atoms with Gasteiger partial charge in [0, 0.05) is 17.3 Å². The molecule has 2 aromatic rings. The Morgan fingerprint density at radius 3 is 2.75 bits per heavy atom. The van der Waals surface area contributed by atoms with E-state index in [9.17, 15) is 0 Å². The van der Waals surface area contributed by atoms with Crippen molar-refractivity contribution in [3.8, 4) is 17.0 Å². The van der Waals surface area contributed by atoms with E-state index in [0.29, 0.717) is 11.8 Å². The molecule has 106 valence electrons. The molecule has 0 saturated carbocycles. The quantitative estimate of drug-likeness (QED) is 0.778. The van der Waals surface area contributed by atoms with Crippen LogP contribution in [-0.2, 0) is 0 Å². The first-order chi connectivity index (χ1) is 9.63. The fourth-order valence-electron chi connectivity index (χ4n) is 1.96. The molecule has 4 nitrogen and oxygen atoms in total. The van der Waals surface area contributed by atoms with Gasteiger partial charge in [-0.05, 0) is 18.4 Å². The molecule has 20 heavy (non-hydrogen) atoms. The molecule has 2 aromatic heterocycles. The molecule has 0 atom stereocenters. The largest absolute Gasteiger partial charge is 0.492 e. The van der Waals surface area contributed by atoms with Crippen LogP contribution in [0.2, 0.25) is 5.15 Å². The van der Waals surface area contributed by atoms with Gasteiger partial charge in [-0.3, -0.25) is 4.98 Å². The number of rotatable bonds is 5. The van der Waals surface area contributed by atoms with Crippen molar-refractivity contribution in [2.75, 3.05) is 6.61 Å². The summed E-state index contributed by atoms with van der Waals surface area (Å²) in [6.45, 7) is 6.88. The Bertz CT molecular complexity index is 587. The van der Waals surface area contributed by atoms with Crippen LogP contribution in [0.15, 0.2) is 24.8 Å². The first-order valence-electron chi connectivity index (χ1n) is 6.72. The van der Waals surface area contributed by atoms with Crippen LogP contribution >= 0.6 is 11.6 Å². The van der Waals surface area contributed by atoms with Gasteiger partial charge in [0.25, 0.3) is 0 Å². The molecule has 0 spiro atoms. The van der Waals surface area contributed by atoms with Gasteiger partial charge in [-0.1, -0.05) is 32.4 Å². The highest BCUT2D eigenvalue weighted by molar-refractivity contribution is 6.30. The van der Waals surface area contributed by atoms with Crippen molar-refractivity contribution in [1.82, 2.24) is 15.0 Å². The van der Waals surface area contributed by atoms with E-state index in [2.05, 4.69) is 35.7 Å². The Morgan fingerprint density at radius 1 is 1.25 bits per heavy atom. The Morgan fingerprint density at radius 2 is 2.05 bits per heavy atom. The SMILES string of the molecule is CCCOc1cncc(-c2ncnc(Cl)c2C(C)C)c1. The van der Waals surface area contributed by atoms with E-state index >= 15 is 0 Å². The van der Waals surface area contributed by atoms with E-state index in [0.717, 1.165) is 29.0 Å². The summed E-state index contributed by atoms with van der Waals surface area (Å²) >= 11 is 6.19. The molecule has 0 radical (unpaired) electrons. The summed E-state index contributed by atoms with van der Waals surface area (Å²) in [7, 11) is 0. The maximum Gasteiger partial charge on any atom is 0.138 e. The Labute approximate surface area is 124 Å². The normalized spacial score (nSPS) is 10.8. The maximum atomic E-state index is 6.19. The van der Waals surface area contributed by atoms with E-state index in [1.807, 2.05) is 6.07 Å². The summed E-state index contributed by atoms with van der Waals surface area (Å²) in [4.78, 5) is 12.6. The summed E-state index contributed by atoms with van der Waals surface area (Å²) < 4.78 is 5.61. The van der Waals surface area contributed by atoms with Gasteiger partial charge in [-0.25, -0.2) is 9.97 Å². The van der Waals surface area contributed by atoms with Crippen LogP contribution in [0.4, 0.5) is 0 Å². The van der Waals surface area contributed by atoms with Gasteiger partial charge in [0.1, 0.15) is 17.2 Å². The number of pyridine rings is 1. The van der Waals surface area contributed by atoms with Gasteiger partial charge in [0.05, 0.1) is 18.5 Å². The van der Waals surface area contributed by atoms with E-state index in [1.165, 1.54) is 6.33 Å². The summed E-state index contributed by atoms with van der Waals surface area (Å²) in [5.74, 6) is 0.979. The third kappa shape index (κ3) is 3.25. The molecule has 0 N–H and O–H groups in total. The van der Waals surface area contributed by atoms with E-state index in [1.54, 1.807) is 12.4 Å². The minimum atomic E-state index is 0.235. The van der Waals surface area contributed by atoms with E-state index < -0.39 is 0 Å². The van der Waals surface area contributed by atoms with Gasteiger partial charge in [0.15, 0.2) is 0 Å². The van der Waals surface area contributed by atoms with Gasteiger partial charge < -0.3 is 4.74 Å². The average molecular weight is 292 g/mol. The molecular weight excluding hydrogens is 274 g/mol. The van der Waals surface area contributed by atoms with Crippen LogP contribution in [-0.4, -0.2) is 21.6 Å². The van der Waals surface area contributed by atoms with Crippen molar-refractivity contribution in [1.29, 1.82) is 0 Å². The summed E-state index contributed by atoms with van der Waals surface area (Å²) in [5, 5.41) is 0.491. The first kappa shape index (κ1) is 14.7. The Hall–Kier alpha value is -1.68. The van der Waals surface area contributed by atoms with Crippen LogP contribution in [0.5, 0.6) is 5.75 Å². The second-order valence-electron chi connectivity index (χ2n) is 4.84. The lowest BCUT2D eigenvalue weighted by Gasteiger charge is -2.13. The smallest absolute Gasteiger partial charge is 0.138 e. The third-order valence-electron chi connectivity index (χ3n) is 2.87. The van der Waals surface area contributed by atoms with Gasteiger partial charge >= 0.3 is 0 Å². The number of hydrogen-bond donors (Lipinski definition) is 0. The number of nitrogens with zero attached hydrogens (tertiary/aromatic N) is 3. The monoisotopic (exact) mass is 291 g/mol. The van der Waals surface area contributed by atoms with Gasteiger partial charge in [-0.15, -0.1) is 0 Å². The molecule has 0 unspecified atom stereocenters. The molecule has 5 heteroatoms. The van der Waals surface area contributed by atoms with Crippen LogP contribution in [0, 0.1) is 0 Å². The summed E-state index contributed by atoms with van der Waals surface area (Å²) in [6, 6.07) is 1.94. The molecule has 0 aliphatic rings. The number of hydrogen-bond acceptors (Lipinski definition) is 4. The lowest BCUT2D eigenvalue weighted by molar-refractivity contribution is 0.316. The van der Waals surface area contributed by atoms with Crippen molar-refractivity contribution >= 4 is 11.6 Å². The number of aromatic nitrogens is 3. The zero-order valence-corrected chi connectivity index (χ0v) is 12.7. The van der Waals surface area contributed by atoms with Gasteiger partial charge in [0.2, 0.25) is 0 Å². The summed E-state index contributed by atoms with van der Waals surface area (Å²) in [6.07, 6.45) is 5.91. The zero-order valence-electron chi connectivity index (χ0n) is 11.9. The van der Waals surface area contributed by atoms with Crippen molar-refractivity contribution in [3.63, 3.8) is 0 Å². The fraction of sp³-hybridized carbons (Fsp3) is 0.400. The Balaban J connectivity index is 2.43. The highest BCUT2D eigenvalue weighted by atomic mass is 35.5. The molecule has 2 rings (SSSR count). The van der Waals surface area contributed by atoms with Gasteiger partial charge in [-0.2, -0.15) is 0 Å². The summed E-state index contributed by atoms with van der Waals surface area (Å²) in [5.41, 5.74) is 2.64. The van der Waals surface area contributed by atoms with E-state index in [4.69, 9.17) is 16.3 Å².